The minimum absolute atomic E-state index is 0.149. The van der Waals surface area contributed by atoms with Gasteiger partial charge in [-0.3, -0.25) is 9.48 Å². The summed E-state index contributed by atoms with van der Waals surface area (Å²) in [4.78, 5) is 20.3. The molecule has 212 valence electrons. The summed E-state index contributed by atoms with van der Waals surface area (Å²) in [6.07, 6.45) is 1.54. The van der Waals surface area contributed by atoms with Crippen molar-refractivity contribution in [2.45, 2.75) is 38.1 Å². The first kappa shape index (κ1) is 28.0. The van der Waals surface area contributed by atoms with Crippen LogP contribution in [0.15, 0.2) is 58.2 Å². The van der Waals surface area contributed by atoms with E-state index in [-0.39, 0.29) is 4.90 Å². The molecule has 0 aliphatic carbocycles. The molecule has 1 fully saturated rings. The van der Waals surface area contributed by atoms with Crippen molar-refractivity contribution in [2.24, 2.45) is 7.05 Å². The van der Waals surface area contributed by atoms with Crippen LogP contribution in [-0.2, 0) is 30.0 Å². The van der Waals surface area contributed by atoms with E-state index in [1.54, 1.807) is 29.9 Å². The fourth-order valence-corrected chi connectivity index (χ4v) is 6.69. The van der Waals surface area contributed by atoms with E-state index < -0.39 is 15.6 Å². The molecule has 0 bridgehead atoms. The van der Waals surface area contributed by atoms with Crippen molar-refractivity contribution in [3.8, 4) is 17.1 Å². The molecule has 0 unspecified atom stereocenters. The number of hydrogen-bond acceptors (Lipinski definition) is 7. The number of aromatic nitrogens is 4. The second-order valence-electron chi connectivity index (χ2n) is 10.1. The van der Waals surface area contributed by atoms with Gasteiger partial charge in [-0.05, 0) is 44.2 Å². The van der Waals surface area contributed by atoms with E-state index in [2.05, 4.69) is 21.9 Å². The summed E-state index contributed by atoms with van der Waals surface area (Å²) in [5.74, 6) is 0.819. The van der Waals surface area contributed by atoms with Crippen LogP contribution in [-0.4, -0.2) is 76.8 Å². The molecule has 10 nitrogen and oxygen atoms in total. The molecular formula is C29H36N6O4S. The SMILES string of the molecule is CCCc1nn(C)c2c(=O)nc(-c3cc(S(=O)(=O)N4CCN(C)CC4)ccc3OCC)n(Cc3ccccc3)c12. The molecule has 5 rings (SSSR count). The predicted octanol–water partition coefficient (Wildman–Crippen LogP) is 3.13. The van der Waals surface area contributed by atoms with Crippen LogP contribution in [0.2, 0.25) is 0 Å². The van der Waals surface area contributed by atoms with Crippen molar-refractivity contribution < 1.29 is 13.2 Å². The lowest BCUT2D eigenvalue weighted by atomic mass is 10.1. The van der Waals surface area contributed by atoms with Crippen LogP contribution in [0, 0.1) is 0 Å². The highest BCUT2D eigenvalue weighted by Gasteiger charge is 2.29. The lowest BCUT2D eigenvalue weighted by Gasteiger charge is -2.31. The van der Waals surface area contributed by atoms with E-state index in [4.69, 9.17) is 4.74 Å². The van der Waals surface area contributed by atoms with Gasteiger partial charge in [0.15, 0.2) is 5.52 Å². The Balaban J connectivity index is 1.76. The van der Waals surface area contributed by atoms with E-state index >= 15 is 0 Å². The molecule has 1 saturated heterocycles. The van der Waals surface area contributed by atoms with Crippen LogP contribution < -0.4 is 10.3 Å². The van der Waals surface area contributed by atoms with E-state index in [1.807, 2.05) is 48.9 Å². The van der Waals surface area contributed by atoms with Gasteiger partial charge in [-0.15, -0.1) is 0 Å². The van der Waals surface area contributed by atoms with Crippen molar-refractivity contribution >= 4 is 21.1 Å². The molecule has 1 aliphatic rings. The Morgan fingerprint density at radius 1 is 0.950 bits per heavy atom. The number of fused-ring (bicyclic) bond motifs is 1. The minimum atomic E-state index is -3.77. The van der Waals surface area contributed by atoms with Gasteiger partial charge in [-0.1, -0.05) is 43.7 Å². The second kappa shape index (κ2) is 11.5. The monoisotopic (exact) mass is 564 g/mol. The highest BCUT2D eigenvalue weighted by atomic mass is 32.2. The highest BCUT2D eigenvalue weighted by molar-refractivity contribution is 7.89. The predicted molar refractivity (Wildman–Crippen MR) is 155 cm³/mol. The molecular weight excluding hydrogens is 528 g/mol. The van der Waals surface area contributed by atoms with Gasteiger partial charge in [0.2, 0.25) is 10.0 Å². The zero-order chi connectivity index (χ0) is 28.4. The van der Waals surface area contributed by atoms with Crippen molar-refractivity contribution in [2.75, 3.05) is 39.8 Å². The van der Waals surface area contributed by atoms with Crippen LogP contribution in [0.5, 0.6) is 5.75 Å². The third-order valence-electron chi connectivity index (χ3n) is 7.29. The van der Waals surface area contributed by atoms with E-state index in [9.17, 15) is 13.2 Å². The van der Waals surface area contributed by atoms with E-state index in [0.29, 0.717) is 73.9 Å². The molecule has 0 saturated carbocycles. The Morgan fingerprint density at radius 3 is 2.35 bits per heavy atom. The molecule has 11 heteroatoms. The quantitative estimate of drug-likeness (QED) is 0.308. The fraction of sp³-hybridized carbons (Fsp3) is 0.414. The Bertz CT molecular complexity index is 1670. The van der Waals surface area contributed by atoms with Gasteiger partial charge < -0.3 is 14.2 Å². The topological polar surface area (TPSA) is 103 Å². The lowest BCUT2D eigenvalue weighted by molar-refractivity contribution is 0.222. The van der Waals surface area contributed by atoms with Gasteiger partial charge in [-0.25, -0.2) is 8.42 Å². The molecule has 1 aliphatic heterocycles. The third kappa shape index (κ3) is 5.28. The number of nitrogens with zero attached hydrogens (tertiary/aromatic N) is 6. The number of rotatable bonds is 9. The number of hydrogen-bond donors (Lipinski definition) is 0. The van der Waals surface area contributed by atoms with Gasteiger partial charge >= 0.3 is 0 Å². The average Bonchev–Trinajstić information content (AvgIpc) is 3.28. The van der Waals surface area contributed by atoms with E-state index in [0.717, 1.165) is 17.7 Å². The number of likely N-dealkylation sites (N-methyl/N-ethyl adjacent to an activating group) is 1. The second-order valence-corrected chi connectivity index (χ2v) is 12.1. The van der Waals surface area contributed by atoms with Crippen molar-refractivity contribution in [3.63, 3.8) is 0 Å². The first-order valence-corrected chi connectivity index (χ1v) is 15.1. The molecule has 4 aromatic rings. The number of sulfonamides is 1. The first-order chi connectivity index (χ1) is 19.2. The number of ether oxygens (including phenoxy) is 1. The zero-order valence-electron chi connectivity index (χ0n) is 23.5. The van der Waals surface area contributed by atoms with Crippen LogP contribution in [0.1, 0.15) is 31.5 Å². The minimum Gasteiger partial charge on any atom is -0.493 e. The van der Waals surface area contributed by atoms with Crippen LogP contribution >= 0.6 is 0 Å². The summed E-state index contributed by atoms with van der Waals surface area (Å²) in [5, 5.41) is 4.68. The third-order valence-corrected chi connectivity index (χ3v) is 9.18. The van der Waals surface area contributed by atoms with Gasteiger partial charge in [0, 0.05) is 39.8 Å². The summed E-state index contributed by atoms with van der Waals surface area (Å²) >= 11 is 0. The molecule has 3 heterocycles. The maximum absolute atomic E-state index is 13.7. The fourth-order valence-electron chi connectivity index (χ4n) is 5.24. The molecule has 0 radical (unpaired) electrons. The maximum atomic E-state index is 13.7. The maximum Gasteiger partial charge on any atom is 0.299 e. The summed E-state index contributed by atoms with van der Waals surface area (Å²) in [6.45, 7) is 6.90. The Labute approximate surface area is 234 Å². The van der Waals surface area contributed by atoms with Crippen molar-refractivity contribution in [1.82, 2.24) is 28.5 Å². The Morgan fingerprint density at radius 2 is 1.68 bits per heavy atom. The lowest BCUT2D eigenvalue weighted by Crippen LogP contribution is -2.47. The van der Waals surface area contributed by atoms with E-state index in [1.165, 1.54) is 4.31 Å². The molecule has 0 spiro atoms. The summed E-state index contributed by atoms with van der Waals surface area (Å²) in [6, 6.07) is 14.8. The number of piperazine rings is 1. The highest BCUT2D eigenvalue weighted by Crippen LogP contribution is 2.34. The van der Waals surface area contributed by atoms with Crippen LogP contribution in [0.25, 0.3) is 22.4 Å². The largest absolute Gasteiger partial charge is 0.493 e. The number of benzene rings is 2. The van der Waals surface area contributed by atoms with Gasteiger partial charge in [-0.2, -0.15) is 14.4 Å². The smallest absolute Gasteiger partial charge is 0.299 e. The standard InChI is InChI=1S/C29H36N6O4S/c1-5-10-24-26-27(33(4)31-24)29(36)30-28(35(26)20-21-11-8-7-9-12-21)23-19-22(13-14-25(23)39-6-2)40(37,38)34-17-15-32(3)16-18-34/h7-9,11-14,19H,5-6,10,15-18,20H2,1-4H3. The van der Waals surface area contributed by atoms with Crippen LogP contribution in [0.3, 0.4) is 0 Å². The summed E-state index contributed by atoms with van der Waals surface area (Å²) < 4.78 is 38.5. The van der Waals surface area contributed by atoms with Gasteiger partial charge in [0.25, 0.3) is 5.56 Å². The Hall–Kier alpha value is -3.54. The summed E-state index contributed by atoms with van der Waals surface area (Å²) in [5.41, 5.74) is 2.98. The molecule has 40 heavy (non-hydrogen) atoms. The normalized spacial score (nSPS) is 15.1. The van der Waals surface area contributed by atoms with Crippen LogP contribution in [0.4, 0.5) is 0 Å². The molecule has 0 amide bonds. The van der Waals surface area contributed by atoms with Gasteiger partial charge in [0.05, 0.1) is 28.3 Å². The van der Waals surface area contributed by atoms with Gasteiger partial charge in [0.1, 0.15) is 11.6 Å². The average molecular weight is 565 g/mol. The molecule has 0 atom stereocenters. The molecule has 0 N–H and O–H groups in total. The molecule has 2 aromatic heterocycles. The first-order valence-electron chi connectivity index (χ1n) is 13.7. The van der Waals surface area contributed by atoms with Crippen molar-refractivity contribution in [1.29, 1.82) is 0 Å². The molecule has 2 aromatic carbocycles. The Kier molecular flexibility index (Phi) is 8.07. The van der Waals surface area contributed by atoms with Crippen molar-refractivity contribution in [3.05, 3.63) is 70.1 Å². The zero-order valence-corrected chi connectivity index (χ0v) is 24.3. The number of aryl methyl sites for hydroxylation is 2. The summed E-state index contributed by atoms with van der Waals surface area (Å²) in [7, 11) is -0.0251.